The highest BCUT2D eigenvalue weighted by molar-refractivity contribution is 5.80. The third-order valence-corrected chi connectivity index (χ3v) is 4.85. The molecule has 0 unspecified atom stereocenters. The van der Waals surface area contributed by atoms with Gasteiger partial charge in [-0.25, -0.2) is 9.97 Å². The van der Waals surface area contributed by atoms with Gasteiger partial charge < -0.3 is 4.74 Å². The van der Waals surface area contributed by atoms with E-state index in [1.54, 1.807) is 24.4 Å². The minimum Gasteiger partial charge on any atom is -0.459 e. The first-order valence-electron chi connectivity index (χ1n) is 9.52. The first kappa shape index (κ1) is 19.5. The second kappa shape index (κ2) is 7.90. The van der Waals surface area contributed by atoms with Gasteiger partial charge in [-0.2, -0.15) is 0 Å². The molecule has 30 heavy (non-hydrogen) atoms. The molecule has 152 valence electrons. The topological polar surface area (TPSA) is 95.6 Å². The SMILES string of the molecule is Cc1ccc2nc(COC(=O)CCn3cnc4c(C)cccc4c3=O)cc(=O)n2c1. The summed E-state index contributed by atoms with van der Waals surface area (Å²) in [6.45, 7) is 3.83. The van der Waals surface area contributed by atoms with E-state index in [2.05, 4.69) is 9.97 Å². The number of carbonyl (C=O) groups excluding carboxylic acids is 1. The molecule has 0 amide bonds. The fraction of sp³-hybridized carbons (Fsp3) is 0.227. The van der Waals surface area contributed by atoms with Gasteiger partial charge in [-0.15, -0.1) is 0 Å². The van der Waals surface area contributed by atoms with Crippen LogP contribution in [0.15, 0.2) is 58.5 Å². The molecule has 4 rings (SSSR count). The molecule has 0 aliphatic rings. The van der Waals surface area contributed by atoms with Crippen LogP contribution < -0.4 is 11.1 Å². The molecule has 1 aromatic carbocycles. The van der Waals surface area contributed by atoms with Gasteiger partial charge in [0.25, 0.3) is 11.1 Å². The van der Waals surface area contributed by atoms with Gasteiger partial charge in [-0.05, 0) is 37.1 Å². The van der Waals surface area contributed by atoms with Crippen molar-refractivity contribution in [2.75, 3.05) is 0 Å². The van der Waals surface area contributed by atoms with Crippen molar-refractivity contribution in [1.29, 1.82) is 0 Å². The molecule has 0 N–H and O–H groups in total. The highest BCUT2D eigenvalue weighted by Gasteiger charge is 2.10. The van der Waals surface area contributed by atoms with Crippen molar-refractivity contribution in [2.24, 2.45) is 0 Å². The minimum atomic E-state index is -0.489. The van der Waals surface area contributed by atoms with Crippen molar-refractivity contribution in [1.82, 2.24) is 18.9 Å². The molecule has 3 aromatic heterocycles. The highest BCUT2D eigenvalue weighted by atomic mass is 16.5. The first-order valence-corrected chi connectivity index (χ1v) is 9.52. The maximum atomic E-state index is 12.6. The van der Waals surface area contributed by atoms with E-state index in [9.17, 15) is 14.4 Å². The molecule has 0 atom stereocenters. The predicted molar refractivity (Wildman–Crippen MR) is 111 cm³/mol. The Morgan fingerprint density at radius 2 is 1.97 bits per heavy atom. The number of esters is 1. The van der Waals surface area contributed by atoms with E-state index >= 15 is 0 Å². The molecule has 8 heteroatoms. The zero-order chi connectivity index (χ0) is 21.3. The summed E-state index contributed by atoms with van der Waals surface area (Å²) in [6, 6.07) is 10.4. The third-order valence-electron chi connectivity index (χ3n) is 4.85. The number of hydrogen-bond acceptors (Lipinski definition) is 6. The number of rotatable bonds is 5. The van der Waals surface area contributed by atoms with E-state index in [4.69, 9.17) is 4.74 Å². The quantitative estimate of drug-likeness (QED) is 0.473. The lowest BCUT2D eigenvalue weighted by atomic mass is 10.1. The number of fused-ring (bicyclic) bond motifs is 2. The van der Waals surface area contributed by atoms with Crippen LogP contribution in [0.3, 0.4) is 0 Å². The molecule has 0 saturated heterocycles. The van der Waals surface area contributed by atoms with Crippen molar-refractivity contribution in [2.45, 2.75) is 33.4 Å². The highest BCUT2D eigenvalue weighted by Crippen LogP contribution is 2.11. The third kappa shape index (κ3) is 3.84. The summed E-state index contributed by atoms with van der Waals surface area (Å²) in [5, 5.41) is 0.516. The number of ether oxygens (including phenoxy) is 1. The molecule has 0 fully saturated rings. The van der Waals surface area contributed by atoms with Gasteiger partial charge in [0.05, 0.1) is 29.3 Å². The van der Waals surface area contributed by atoms with Crippen LogP contribution in [0, 0.1) is 13.8 Å². The number of carbonyl (C=O) groups is 1. The fourth-order valence-corrected chi connectivity index (χ4v) is 3.27. The van der Waals surface area contributed by atoms with Crippen LogP contribution in [-0.4, -0.2) is 24.9 Å². The fourth-order valence-electron chi connectivity index (χ4n) is 3.27. The summed E-state index contributed by atoms with van der Waals surface area (Å²) in [6.07, 6.45) is 3.15. The molecule has 0 saturated carbocycles. The standard InChI is InChI=1S/C22H20N4O4/c1-14-6-7-18-24-16(10-19(27)26(18)11-14)12-30-20(28)8-9-25-13-23-21-15(2)4-3-5-17(21)22(25)29/h3-7,10-11,13H,8-9,12H2,1-2H3. The summed E-state index contributed by atoms with van der Waals surface area (Å²) >= 11 is 0. The second-order valence-electron chi connectivity index (χ2n) is 7.15. The van der Waals surface area contributed by atoms with Crippen molar-refractivity contribution < 1.29 is 9.53 Å². The van der Waals surface area contributed by atoms with E-state index in [1.165, 1.54) is 21.4 Å². The summed E-state index contributed by atoms with van der Waals surface area (Å²) < 4.78 is 8.08. The Morgan fingerprint density at radius 3 is 2.80 bits per heavy atom. The van der Waals surface area contributed by atoms with Crippen LogP contribution in [0.5, 0.6) is 0 Å². The average molecular weight is 404 g/mol. The predicted octanol–water partition coefficient (Wildman–Crippen LogP) is 2.15. The molecule has 0 radical (unpaired) electrons. The van der Waals surface area contributed by atoms with Crippen molar-refractivity contribution in [3.05, 3.63) is 86.5 Å². The maximum absolute atomic E-state index is 12.6. The molecular formula is C22H20N4O4. The summed E-state index contributed by atoms with van der Waals surface area (Å²) in [7, 11) is 0. The lowest BCUT2D eigenvalue weighted by molar-refractivity contribution is -0.145. The number of aryl methyl sites for hydroxylation is 3. The van der Waals surface area contributed by atoms with Crippen LogP contribution in [0.2, 0.25) is 0 Å². The average Bonchev–Trinajstić information content (AvgIpc) is 2.73. The van der Waals surface area contributed by atoms with Crippen molar-refractivity contribution in [3.8, 4) is 0 Å². The van der Waals surface area contributed by atoms with E-state index < -0.39 is 5.97 Å². The van der Waals surface area contributed by atoms with Gasteiger partial charge in [0, 0.05) is 18.8 Å². The van der Waals surface area contributed by atoms with E-state index in [0.29, 0.717) is 22.2 Å². The molecule has 0 aliphatic carbocycles. The Balaban J connectivity index is 1.42. The first-order chi connectivity index (χ1) is 14.4. The summed E-state index contributed by atoms with van der Waals surface area (Å²) in [5.41, 5.74) is 2.95. The lowest BCUT2D eigenvalue weighted by Crippen LogP contribution is -2.23. The molecular weight excluding hydrogens is 384 g/mol. The summed E-state index contributed by atoms with van der Waals surface area (Å²) in [5.74, 6) is -0.489. The summed E-state index contributed by atoms with van der Waals surface area (Å²) in [4.78, 5) is 45.6. The van der Waals surface area contributed by atoms with E-state index in [0.717, 1.165) is 11.1 Å². The van der Waals surface area contributed by atoms with Crippen LogP contribution in [0.1, 0.15) is 23.2 Å². The largest absolute Gasteiger partial charge is 0.459 e. The van der Waals surface area contributed by atoms with Gasteiger partial charge in [0.1, 0.15) is 12.3 Å². The van der Waals surface area contributed by atoms with Crippen molar-refractivity contribution >= 4 is 22.5 Å². The number of aromatic nitrogens is 4. The Kier molecular flexibility index (Phi) is 5.14. The van der Waals surface area contributed by atoms with Crippen LogP contribution >= 0.6 is 0 Å². The van der Waals surface area contributed by atoms with Gasteiger partial charge in [0.15, 0.2) is 0 Å². The van der Waals surface area contributed by atoms with Gasteiger partial charge in [0.2, 0.25) is 0 Å². The Labute approximate surface area is 171 Å². The van der Waals surface area contributed by atoms with Crippen LogP contribution in [-0.2, 0) is 22.7 Å². The maximum Gasteiger partial charge on any atom is 0.307 e. The van der Waals surface area contributed by atoms with Crippen molar-refractivity contribution in [3.63, 3.8) is 0 Å². The molecule has 0 aliphatic heterocycles. The van der Waals surface area contributed by atoms with Gasteiger partial charge in [-0.1, -0.05) is 18.2 Å². The molecule has 3 heterocycles. The monoisotopic (exact) mass is 404 g/mol. The van der Waals surface area contributed by atoms with E-state index in [1.807, 2.05) is 26.0 Å². The number of pyridine rings is 1. The second-order valence-corrected chi connectivity index (χ2v) is 7.15. The smallest absolute Gasteiger partial charge is 0.307 e. The van der Waals surface area contributed by atoms with Crippen LogP contribution in [0.4, 0.5) is 0 Å². The van der Waals surface area contributed by atoms with Gasteiger partial charge >= 0.3 is 5.97 Å². The number of nitrogens with zero attached hydrogens (tertiary/aromatic N) is 4. The minimum absolute atomic E-state index is 0.00463. The Bertz CT molecular complexity index is 1390. The molecule has 0 bridgehead atoms. The Morgan fingerprint density at radius 1 is 1.13 bits per heavy atom. The number of para-hydroxylation sites is 1. The van der Waals surface area contributed by atoms with Crippen LogP contribution in [0.25, 0.3) is 16.6 Å². The molecule has 0 spiro atoms. The normalized spacial score (nSPS) is 11.1. The zero-order valence-corrected chi connectivity index (χ0v) is 16.7. The van der Waals surface area contributed by atoms with E-state index in [-0.39, 0.29) is 30.7 Å². The number of benzene rings is 1. The number of hydrogen-bond donors (Lipinski definition) is 0. The zero-order valence-electron chi connectivity index (χ0n) is 16.7. The van der Waals surface area contributed by atoms with Gasteiger partial charge in [-0.3, -0.25) is 23.4 Å². The molecule has 8 nitrogen and oxygen atoms in total. The lowest BCUT2D eigenvalue weighted by Gasteiger charge is -2.09. The molecule has 4 aromatic rings. The Hall–Kier alpha value is -3.81.